The Bertz CT molecular complexity index is 742. The maximum Gasteiger partial charge on any atom is 0.327 e. The quantitative estimate of drug-likeness (QED) is 0.802. The first kappa shape index (κ1) is 18.1. The molecule has 0 spiro atoms. The van der Waals surface area contributed by atoms with E-state index >= 15 is 0 Å². The van der Waals surface area contributed by atoms with E-state index in [4.69, 9.17) is 11.6 Å². The van der Waals surface area contributed by atoms with Gasteiger partial charge in [0, 0.05) is 36.7 Å². The first-order valence-corrected chi connectivity index (χ1v) is 9.80. The zero-order valence-electron chi connectivity index (χ0n) is 15.1. The van der Waals surface area contributed by atoms with E-state index in [0.29, 0.717) is 37.5 Å². The summed E-state index contributed by atoms with van der Waals surface area (Å²) in [7, 11) is 0. The molecule has 27 heavy (non-hydrogen) atoms. The lowest BCUT2D eigenvalue weighted by Gasteiger charge is -2.36. The van der Waals surface area contributed by atoms with E-state index in [9.17, 15) is 14.4 Å². The molecule has 7 nitrogen and oxygen atoms in total. The number of carbonyl (C=O) groups is 3. The normalized spacial score (nSPS) is 21.1. The Hall–Kier alpha value is -2.28. The molecule has 4 rings (SSSR count). The molecule has 1 N–H and O–H groups in total. The lowest BCUT2D eigenvalue weighted by molar-refractivity contribution is -0.125. The minimum atomic E-state index is -0.145. The Morgan fingerprint density at radius 3 is 2.33 bits per heavy atom. The van der Waals surface area contributed by atoms with E-state index in [1.54, 1.807) is 21.9 Å². The lowest BCUT2D eigenvalue weighted by Crippen LogP contribution is -2.50. The van der Waals surface area contributed by atoms with E-state index < -0.39 is 0 Å². The average Bonchev–Trinajstić information content (AvgIpc) is 3.46. The van der Waals surface area contributed by atoms with Gasteiger partial charge in [-0.1, -0.05) is 23.7 Å². The van der Waals surface area contributed by atoms with Crippen LogP contribution in [0.5, 0.6) is 0 Å². The standard InChI is InChI=1S/C19H23ClN4O3/c20-14-3-1-13(2-4-14)11-21-18(26)22-9-7-15(8-10-22)23-12-17(25)24(19(23)27)16-5-6-16/h1-4,15-16H,5-12H2,(H,21,26). The van der Waals surface area contributed by atoms with Crippen LogP contribution in [0.3, 0.4) is 0 Å². The summed E-state index contributed by atoms with van der Waals surface area (Å²) in [6.45, 7) is 1.80. The second kappa shape index (κ2) is 7.38. The summed E-state index contributed by atoms with van der Waals surface area (Å²) in [5, 5.41) is 3.59. The number of likely N-dealkylation sites (tertiary alicyclic amines) is 1. The summed E-state index contributed by atoms with van der Waals surface area (Å²) in [5.74, 6) is -0.0781. The molecule has 0 unspecified atom stereocenters. The summed E-state index contributed by atoms with van der Waals surface area (Å²) in [5.41, 5.74) is 0.990. The van der Waals surface area contributed by atoms with Crippen LogP contribution in [-0.4, -0.2) is 64.4 Å². The van der Waals surface area contributed by atoms with Gasteiger partial charge < -0.3 is 15.1 Å². The summed E-state index contributed by atoms with van der Waals surface area (Å²) >= 11 is 5.87. The number of imide groups is 1. The molecule has 2 saturated heterocycles. The van der Waals surface area contributed by atoms with Crippen LogP contribution < -0.4 is 5.32 Å². The highest BCUT2D eigenvalue weighted by molar-refractivity contribution is 6.30. The van der Waals surface area contributed by atoms with Crippen LogP contribution in [0.1, 0.15) is 31.2 Å². The molecule has 2 heterocycles. The molecule has 3 fully saturated rings. The zero-order chi connectivity index (χ0) is 19.0. The predicted octanol–water partition coefficient (Wildman–Crippen LogP) is 2.44. The maximum atomic E-state index is 12.5. The predicted molar refractivity (Wildman–Crippen MR) is 100 cm³/mol. The summed E-state index contributed by atoms with van der Waals surface area (Å²) in [6.07, 6.45) is 3.26. The number of rotatable bonds is 4. The fourth-order valence-electron chi connectivity index (χ4n) is 3.78. The number of nitrogens with zero attached hydrogens (tertiary/aromatic N) is 3. The van der Waals surface area contributed by atoms with Crippen LogP contribution in [0, 0.1) is 0 Å². The third kappa shape index (κ3) is 3.88. The molecule has 0 radical (unpaired) electrons. The molecule has 5 amide bonds. The fourth-order valence-corrected chi connectivity index (χ4v) is 3.91. The van der Waals surface area contributed by atoms with Gasteiger partial charge in [-0.2, -0.15) is 0 Å². The average molecular weight is 391 g/mol. The molecule has 1 aromatic rings. The highest BCUT2D eigenvalue weighted by Crippen LogP contribution is 2.32. The molecule has 1 aliphatic carbocycles. The molecule has 1 aromatic carbocycles. The Morgan fingerprint density at radius 1 is 1.04 bits per heavy atom. The van der Waals surface area contributed by atoms with Gasteiger partial charge in [0.25, 0.3) is 5.91 Å². The van der Waals surface area contributed by atoms with Gasteiger partial charge in [-0.05, 0) is 43.4 Å². The highest BCUT2D eigenvalue weighted by atomic mass is 35.5. The van der Waals surface area contributed by atoms with Crippen LogP contribution in [0.15, 0.2) is 24.3 Å². The van der Waals surface area contributed by atoms with Crippen molar-refractivity contribution in [1.29, 1.82) is 0 Å². The number of piperidine rings is 1. The number of hydrogen-bond donors (Lipinski definition) is 1. The topological polar surface area (TPSA) is 73.0 Å². The second-order valence-electron chi connectivity index (χ2n) is 7.41. The van der Waals surface area contributed by atoms with E-state index in [-0.39, 0.29) is 36.6 Å². The van der Waals surface area contributed by atoms with Crippen molar-refractivity contribution in [2.75, 3.05) is 19.6 Å². The van der Waals surface area contributed by atoms with Crippen LogP contribution in [0.25, 0.3) is 0 Å². The first-order chi connectivity index (χ1) is 13.0. The number of hydrogen-bond acceptors (Lipinski definition) is 3. The number of nitrogens with one attached hydrogen (secondary N) is 1. The first-order valence-electron chi connectivity index (χ1n) is 9.43. The SMILES string of the molecule is O=C(NCc1ccc(Cl)cc1)N1CCC(N2CC(=O)N(C3CC3)C2=O)CC1. The molecule has 0 bridgehead atoms. The van der Waals surface area contributed by atoms with Gasteiger partial charge in [-0.25, -0.2) is 9.59 Å². The number of halogens is 1. The van der Waals surface area contributed by atoms with E-state index in [1.165, 1.54) is 4.90 Å². The smallest absolute Gasteiger partial charge is 0.327 e. The fraction of sp³-hybridized carbons (Fsp3) is 0.526. The van der Waals surface area contributed by atoms with Gasteiger partial charge >= 0.3 is 12.1 Å². The Kier molecular flexibility index (Phi) is 4.95. The summed E-state index contributed by atoms with van der Waals surface area (Å²) in [4.78, 5) is 41.9. The largest absolute Gasteiger partial charge is 0.334 e. The van der Waals surface area contributed by atoms with Gasteiger partial charge in [-0.15, -0.1) is 0 Å². The van der Waals surface area contributed by atoms with Gasteiger partial charge in [0.15, 0.2) is 0 Å². The Balaban J connectivity index is 1.26. The van der Waals surface area contributed by atoms with Crippen LogP contribution in [0.4, 0.5) is 9.59 Å². The molecule has 2 aliphatic heterocycles. The molecular formula is C19H23ClN4O3. The van der Waals surface area contributed by atoms with Crippen molar-refractivity contribution >= 4 is 29.6 Å². The van der Waals surface area contributed by atoms with Crippen molar-refractivity contribution in [3.8, 4) is 0 Å². The van der Waals surface area contributed by atoms with Gasteiger partial charge in [0.05, 0.1) is 0 Å². The zero-order valence-corrected chi connectivity index (χ0v) is 15.8. The Labute approximate surface area is 163 Å². The van der Waals surface area contributed by atoms with Gasteiger partial charge in [-0.3, -0.25) is 9.69 Å². The van der Waals surface area contributed by atoms with E-state index in [2.05, 4.69) is 5.32 Å². The van der Waals surface area contributed by atoms with Gasteiger partial charge in [0.2, 0.25) is 0 Å². The third-order valence-corrected chi connectivity index (χ3v) is 5.74. The van der Waals surface area contributed by atoms with Crippen molar-refractivity contribution in [3.63, 3.8) is 0 Å². The van der Waals surface area contributed by atoms with Crippen LogP contribution in [0.2, 0.25) is 5.02 Å². The minimum absolute atomic E-state index is 0.0329. The van der Waals surface area contributed by atoms with E-state index in [1.807, 2.05) is 12.1 Å². The number of amides is 5. The van der Waals surface area contributed by atoms with Crippen molar-refractivity contribution in [1.82, 2.24) is 20.0 Å². The molecule has 0 atom stereocenters. The van der Waals surface area contributed by atoms with Gasteiger partial charge in [0.1, 0.15) is 6.54 Å². The number of urea groups is 2. The lowest BCUT2D eigenvalue weighted by atomic mass is 10.0. The van der Waals surface area contributed by atoms with Crippen molar-refractivity contribution in [2.45, 2.75) is 44.3 Å². The van der Waals surface area contributed by atoms with Crippen molar-refractivity contribution < 1.29 is 14.4 Å². The molecule has 8 heteroatoms. The molecular weight excluding hydrogens is 368 g/mol. The number of benzene rings is 1. The monoisotopic (exact) mass is 390 g/mol. The third-order valence-electron chi connectivity index (χ3n) is 5.49. The summed E-state index contributed by atoms with van der Waals surface area (Å²) < 4.78 is 0. The van der Waals surface area contributed by atoms with Crippen LogP contribution >= 0.6 is 11.6 Å². The van der Waals surface area contributed by atoms with Crippen molar-refractivity contribution in [2.24, 2.45) is 0 Å². The second-order valence-corrected chi connectivity index (χ2v) is 7.85. The Morgan fingerprint density at radius 2 is 1.70 bits per heavy atom. The maximum absolute atomic E-state index is 12.5. The van der Waals surface area contributed by atoms with Crippen LogP contribution in [-0.2, 0) is 11.3 Å². The minimum Gasteiger partial charge on any atom is -0.334 e. The molecule has 3 aliphatic rings. The van der Waals surface area contributed by atoms with Crippen molar-refractivity contribution in [3.05, 3.63) is 34.9 Å². The molecule has 144 valence electrons. The highest BCUT2D eigenvalue weighted by Gasteiger charge is 2.47. The number of carbonyl (C=O) groups excluding carboxylic acids is 3. The van der Waals surface area contributed by atoms with E-state index in [0.717, 1.165) is 18.4 Å². The molecule has 0 aromatic heterocycles. The summed E-state index contributed by atoms with van der Waals surface area (Å²) in [6, 6.07) is 7.27. The molecule has 1 saturated carbocycles.